The van der Waals surface area contributed by atoms with E-state index >= 15 is 0 Å². The SMILES string of the molecule is [O]c1c2cc3ccccc3cc2cc2cc3ccccc3cc12. The molecule has 0 fully saturated rings. The first-order chi connectivity index (χ1) is 11.3. The van der Waals surface area contributed by atoms with Crippen LogP contribution in [0.2, 0.25) is 0 Å². The van der Waals surface area contributed by atoms with E-state index in [1.807, 2.05) is 36.4 Å². The molecule has 0 aromatic heterocycles. The quantitative estimate of drug-likeness (QED) is 0.293. The molecule has 0 saturated heterocycles. The fraction of sp³-hybridized carbons (Fsp3) is 0. The van der Waals surface area contributed by atoms with Crippen LogP contribution >= 0.6 is 0 Å². The second kappa shape index (κ2) is 4.47. The van der Waals surface area contributed by atoms with Gasteiger partial charge in [-0.3, -0.25) is 5.11 Å². The monoisotopic (exact) mass is 293 g/mol. The van der Waals surface area contributed by atoms with Crippen molar-refractivity contribution in [2.75, 3.05) is 0 Å². The Morgan fingerprint density at radius 1 is 0.435 bits per heavy atom. The van der Waals surface area contributed by atoms with Gasteiger partial charge in [0.15, 0.2) is 5.75 Å². The fourth-order valence-corrected chi connectivity index (χ4v) is 3.46. The Bertz CT molecular complexity index is 1120. The lowest BCUT2D eigenvalue weighted by molar-refractivity contribution is 0.365. The van der Waals surface area contributed by atoms with Crippen molar-refractivity contribution in [3.8, 4) is 5.75 Å². The molecule has 0 aliphatic rings. The largest absolute Gasteiger partial charge is 0.289 e. The lowest BCUT2D eigenvalue weighted by Crippen LogP contribution is -1.81. The van der Waals surface area contributed by atoms with Gasteiger partial charge in [-0.05, 0) is 62.6 Å². The molecule has 0 aliphatic heterocycles. The molecule has 0 aliphatic carbocycles. The summed E-state index contributed by atoms with van der Waals surface area (Å²) in [5, 5.41) is 21.1. The topological polar surface area (TPSA) is 19.9 Å². The van der Waals surface area contributed by atoms with E-state index in [1.165, 1.54) is 10.8 Å². The third kappa shape index (κ3) is 1.80. The van der Waals surface area contributed by atoms with Crippen molar-refractivity contribution in [3.05, 3.63) is 78.9 Å². The zero-order valence-electron chi connectivity index (χ0n) is 12.4. The first-order valence-corrected chi connectivity index (χ1v) is 7.75. The van der Waals surface area contributed by atoms with Gasteiger partial charge < -0.3 is 0 Å². The molecule has 5 aromatic rings. The van der Waals surface area contributed by atoms with Crippen LogP contribution in [0, 0.1) is 0 Å². The van der Waals surface area contributed by atoms with E-state index < -0.39 is 0 Å². The van der Waals surface area contributed by atoms with Gasteiger partial charge in [-0.1, -0.05) is 48.5 Å². The van der Waals surface area contributed by atoms with Gasteiger partial charge in [0.25, 0.3) is 0 Å². The normalized spacial score (nSPS) is 11.7. The van der Waals surface area contributed by atoms with Crippen LogP contribution in [0.15, 0.2) is 78.9 Å². The molecule has 1 nitrogen and oxygen atoms in total. The van der Waals surface area contributed by atoms with Crippen LogP contribution in [0.5, 0.6) is 5.75 Å². The zero-order valence-corrected chi connectivity index (χ0v) is 12.4. The summed E-state index contributed by atoms with van der Waals surface area (Å²) in [4.78, 5) is 0. The van der Waals surface area contributed by atoms with E-state index in [4.69, 9.17) is 0 Å². The molecule has 0 amide bonds. The Labute approximate surface area is 133 Å². The van der Waals surface area contributed by atoms with Gasteiger partial charge in [0.1, 0.15) is 0 Å². The van der Waals surface area contributed by atoms with Crippen molar-refractivity contribution in [3.63, 3.8) is 0 Å². The third-order valence-electron chi connectivity index (χ3n) is 4.64. The van der Waals surface area contributed by atoms with Gasteiger partial charge in [-0.2, -0.15) is 0 Å². The van der Waals surface area contributed by atoms with E-state index in [0.717, 1.165) is 32.3 Å². The average molecular weight is 293 g/mol. The minimum atomic E-state index is 0.119. The van der Waals surface area contributed by atoms with Crippen LogP contribution in [-0.2, 0) is 5.11 Å². The van der Waals surface area contributed by atoms with Gasteiger partial charge in [0, 0.05) is 10.8 Å². The van der Waals surface area contributed by atoms with Gasteiger partial charge in [-0.15, -0.1) is 0 Å². The van der Waals surface area contributed by atoms with Gasteiger partial charge in [0.2, 0.25) is 0 Å². The molecule has 1 heteroatoms. The number of fused-ring (bicyclic) bond motifs is 4. The van der Waals surface area contributed by atoms with E-state index in [0.29, 0.717) is 0 Å². The predicted molar refractivity (Wildman–Crippen MR) is 96.6 cm³/mol. The third-order valence-corrected chi connectivity index (χ3v) is 4.64. The molecule has 0 spiro atoms. The summed E-state index contributed by atoms with van der Waals surface area (Å²) >= 11 is 0. The van der Waals surface area contributed by atoms with Crippen molar-refractivity contribution in [2.45, 2.75) is 0 Å². The molecule has 0 saturated carbocycles. The smallest absolute Gasteiger partial charge is 0.194 e. The summed E-state index contributed by atoms with van der Waals surface area (Å²) in [6.07, 6.45) is 0. The highest BCUT2D eigenvalue weighted by atomic mass is 16.3. The highest BCUT2D eigenvalue weighted by Crippen LogP contribution is 2.38. The van der Waals surface area contributed by atoms with Crippen LogP contribution in [0.3, 0.4) is 0 Å². The van der Waals surface area contributed by atoms with Crippen molar-refractivity contribution >= 4 is 43.1 Å². The van der Waals surface area contributed by atoms with Crippen molar-refractivity contribution in [1.82, 2.24) is 0 Å². The lowest BCUT2D eigenvalue weighted by atomic mass is 9.96. The summed E-state index contributed by atoms with van der Waals surface area (Å²) in [5.41, 5.74) is 0. The van der Waals surface area contributed by atoms with Gasteiger partial charge in [-0.25, -0.2) is 0 Å². The van der Waals surface area contributed by atoms with Crippen LogP contribution in [0.1, 0.15) is 0 Å². The summed E-state index contributed by atoms with van der Waals surface area (Å²) in [6.45, 7) is 0. The van der Waals surface area contributed by atoms with Gasteiger partial charge in [0.05, 0.1) is 0 Å². The fourth-order valence-electron chi connectivity index (χ4n) is 3.46. The molecule has 0 bridgehead atoms. The number of hydrogen-bond acceptors (Lipinski definition) is 0. The average Bonchev–Trinajstić information content (AvgIpc) is 2.59. The molecule has 0 N–H and O–H groups in total. The van der Waals surface area contributed by atoms with Crippen molar-refractivity contribution < 1.29 is 5.11 Å². The molecule has 0 atom stereocenters. The molecule has 0 unspecified atom stereocenters. The maximum atomic E-state index is 13.0. The van der Waals surface area contributed by atoms with E-state index in [9.17, 15) is 5.11 Å². The number of rotatable bonds is 0. The minimum Gasteiger partial charge on any atom is -0.289 e. The highest BCUT2D eigenvalue weighted by Gasteiger charge is 2.10. The molecule has 5 rings (SSSR count). The molecular formula is C22H13O. The van der Waals surface area contributed by atoms with Crippen molar-refractivity contribution in [2.24, 2.45) is 0 Å². The van der Waals surface area contributed by atoms with E-state index in [1.54, 1.807) is 0 Å². The molecule has 0 heterocycles. The summed E-state index contributed by atoms with van der Waals surface area (Å²) in [7, 11) is 0. The molecule has 23 heavy (non-hydrogen) atoms. The van der Waals surface area contributed by atoms with Crippen LogP contribution in [-0.4, -0.2) is 0 Å². The lowest BCUT2D eigenvalue weighted by Gasteiger charge is -2.08. The maximum Gasteiger partial charge on any atom is 0.194 e. The Kier molecular flexibility index (Phi) is 2.42. The van der Waals surface area contributed by atoms with Crippen LogP contribution in [0.25, 0.3) is 43.1 Å². The van der Waals surface area contributed by atoms with E-state index in [2.05, 4.69) is 42.5 Å². The first kappa shape index (κ1) is 12.5. The minimum absolute atomic E-state index is 0.119. The van der Waals surface area contributed by atoms with Crippen LogP contribution in [0.4, 0.5) is 0 Å². The summed E-state index contributed by atoms with van der Waals surface area (Å²) in [6, 6.07) is 26.7. The molecule has 5 aromatic carbocycles. The van der Waals surface area contributed by atoms with Gasteiger partial charge >= 0.3 is 0 Å². The Morgan fingerprint density at radius 2 is 0.783 bits per heavy atom. The second-order valence-corrected chi connectivity index (χ2v) is 6.05. The Morgan fingerprint density at radius 3 is 1.22 bits per heavy atom. The number of hydrogen-bond donors (Lipinski definition) is 0. The predicted octanol–water partition coefficient (Wildman–Crippen LogP) is 6.44. The highest BCUT2D eigenvalue weighted by molar-refractivity contribution is 6.12. The van der Waals surface area contributed by atoms with Crippen LogP contribution < -0.4 is 0 Å². The molecule has 107 valence electrons. The molecule has 1 radical (unpaired) electrons. The maximum absolute atomic E-state index is 13.0. The van der Waals surface area contributed by atoms with Crippen molar-refractivity contribution in [1.29, 1.82) is 0 Å². The summed E-state index contributed by atoms with van der Waals surface area (Å²) < 4.78 is 0. The number of benzene rings is 5. The Balaban J connectivity index is 1.99. The zero-order chi connectivity index (χ0) is 15.4. The Hall–Kier alpha value is -3.06. The second-order valence-electron chi connectivity index (χ2n) is 6.05. The molecular weight excluding hydrogens is 280 g/mol. The van der Waals surface area contributed by atoms with E-state index in [-0.39, 0.29) is 5.75 Å². The standard InChI is InChI=1S/C22H13O/c23-22-20-12-16-7-3-1-5-14(16)9-18(20)11-19-10-15-6-2-4-8-17(15)13-21(19)22/h1-13H. The first-order valence-electron chi connectivity index (χ1n) is 7.75. The summed E-state index contributed by atoms with van der Waals surface area (Å²) in [5.74, 6) is 0.119.